The number of esters is 1. The van der Waals surface area contributed by atoms with E-state index in [2.05, 4.69) is 16.0 Å². The van der Waals surface area contributed by atoms with Gasteiger partial charge in [0.1, 0.15) is 48.6 Å². The Morgan fingerprint density at radius 2 is 1.12 bits per heavy atom. The summed E-state index contributed by atoms with van der Waals surface area (Å²) in [6.07, 6.45) is -17.4. The number of carboxylic acids is 1. The van der Waals surface area contributed by atoms with Gasteiger partial charge in [-0.3, -0.25) is 19.2 Å². The molecule has 0 aromatic heterocycles. The number of aliphatic hydroxyl groups is 3. The first-order valence-corrected chi connectivity index (χ1v) is 15.8. The zero-order valence-electron chi connectivity index (χ0n) is 28.0. The normalized spacial score (nSPS) is 39.3. The van der Waals surface area contributed by atoms with Gasteiger partial charge < -0.3 is 75.3 Å². The fourth-order valence-corrected chi connectivity index (χ4v) is 5.85. The smallest absolute Gasteiger partial charge is 0.336 e. The second-order valence-electron chi connectivity index (χ2n) is 12.1. The molecule has 15 atom stereocenters. The van der Waals surface area contributed by atoms with Crippen molar-refractivity contribution < 1.29 is 77.6 Å². The molecule has 3 fully saturated rings. The third-order valence-electron chi connectivity index (χ3n) is 8.07. The fourth-order valence-electron chi connectivity index (χ4n) is 5.85. The van der Waals surface area contributed by atoms with E-state index in [9.17, 15) is 44.4 Å². The van der Waals surface area contributed by atoms with Gasteiger partial charge in [0.2, 0.25) is 17.7 Å². The second kappa shape index (κ2) is 17.7. The van der Waals surface area contributed by atoms with Crippen LogP contribution >= 0.6 is 0 Å². The number of hydrogen-bond acceptors (Lipinski definition) is 16. The summed E-state index contributed by atoms with van der Waals surface area (Å²) >= 11 is 0. The molecule has 49 heavy (non-hydrogen) atoms. The highest BCUT2D eigenvalue weighted by Gasteiger charge is 2.56. The van der Waals surface area contributed by atoms with Crippen LogP contribution in [-0.4, -0.2) is 155 Å². The van der Waals surface area contributed by atoms with E-state index >= 15 is 0 Å². The van der Waals surface area contributed by atoms with Gasteiger partial charge in [0.15, 0.2) is 31.1 Å². The summed E-state index contributed by atoms with van der Waals surface area (Å²) < 4.78 is 40.5. The van der Waals surface area contributed by atoms with E-state index in [0.717, 1.165) is 20.8 Å². The molecule has 9 N–H and O–H groups in total. The predicted molar refractivity (Wildman–Crippen MR) is 161 cm³/mol. The van der Waals surface area contributed by atoms with Crippen molar-refractivity contribution in [1.82, 2.24) is 16.0 Å². The first kappa shape index (κ1) is 40.4. The van der Waals surface area contributed by atoms with Crippen LogP contribution in [0.2, 0.25) is 0 Å². The quantitative estimate of drug-likeness (QED) is 0.0667. The molecule has 0 unspecified atom stereocenters. The molecule has 0 aromatic rings. The number of aliphatic carboxylic acids is 1. The summed E-state index contributed by atoms with van der Waals surface area (Å²) in [5.74, 6) is -4.45. The van der Waals surface area contributed by atoms with E-state index in [1.807, 2.05) is 0 Å². The van der Waals surface area contributed by atoms with Gasteiger partial charge in [-0.2, -0.15) is 0 Å². The van der Waals surface area contributed by atoms with E-state index in [4.69, 9.17) is 38.9 Å². The summed E-state index contributed by atoms with van der Waals surface area (Å²) in [4.78, 5) is 60.7. The monoisotopic (exact) mass is 708 g/mol. The fraction of sp³-hybridized carbons (Fsp3) is 0.828. The molecular formula is C29H48N4O16. The first-order valence-electron chi connectivity index (χ1n) is 15.8. The summed E-state index contributed by atoms with van der Waals surface area (Å²) in [5.41, 5.74) is 5.58. The van der Waals surface area contributed by atoms with E-state index < -0.39 is 122 Å². The third kappa shape index (κ3) is 10.2. The average molecular weight is 709 g/mol. The maximum absolute atomic E-state index is 12.5. The lowest BCUT2D eigenvalue weighted by atomic mass is 9.93. The Hall–Kier alpha value is -3.05. The molecule has 0 aromatic carbocycles. The van der Waals surface area contributed by atoms with Gasteiger partial charge in [-0.15, -0.1) is 0 Å². The van der Waals surface area contributed by atoms with Gasteiger partial charge in [0.25, 0.3) is 0 Å². The molecule has 0 saturated carbocycles. The van der Waals surface area contributed by atoms with E-state index in [1.165, 1.54) is 13.8 Å². The Kier molecular flexibility index (Phi) is 14.6. The lowest BCUT2D eigenvalue weighted by Gasteiger charge is -2.50. The maximum atomic E-state index is 12.5. The van der Waals surface area contributed by atoms with Crippen LogP contribution < -0.4 is 21.7 Å². The van der Waals surface area contributed by atoms with E-state index in [-0.39, 0.29) is 6.61 Å². The predicted octanol–water partition coefficient (Wildman–Crippen LogP) is -4.05. The highest BCUT2D eigenvalue weighted by atomic mass is 16.7. The SMILES string of the molecule is CC(=O)N[C@@H]1[C@H](O[C@@H]2[C@H](O)[C@H](C)O[C@@H](O[C@H]3[C@@H](O)[C@@H](C)O[C@H](OCCCN)[C@@H]3NC(C)=O)[C@H]2NC(C)=O)O[C@H](C(=O)O)[C@@H](OC(C)=O)[C@@H]1O. The molecule has 3 aliphatic rings. The number of carbonyl (C=O) groups is 5. The Labute approximate surface area is 282 Å². The van der Waals surface area contributed by atoms with Crippen molar-refractivity contribution >= 4 is 29.7 Å². The van der Waals surface area contributed by atoms with Gasteiger partial charge in [-0.25, -0.2) is 4.79 Å². The molecule has 20 nitrogen and oxygen atoms in total. The molecule has 3 saturated heterocycles. The molecule has 3 amide bonds. The highest BCUT2D eigenvalue weighted by molar-refractivity contribution is 5.76. The minimum atomic E-state index is -1.98. The van der Waals surface area contributed by atoms with Crippen LogP contribution in [0.3, 0.4) is 0 Å². The van der Waals surface area contributed by atoms with Gasteiger partial charge in [-0.1, -0.05) is 0 Å². The van der Waals surface area contributed by atoms with Crippen LogP contribution in [0.1, 0.15) is 48.0 Å². The topological polar surface area (TPSA) is 293 Å². The molecule has 0 bridgehead atoms. The van der Waals surface area contributed by atoms with E-state index in [0.29, 0.717) is 13.0 Å². The molecule has 280 valence electrons. The van der Waals surface area contributed by atoms with Crippen LogP contribution in [0.25, 0.3) is 0 Å². The van der Waals surface area contributed by atoms with Crippen LogP contribution in [-0.2, 0) is 57.1 Å². The zero-order chi connectivity index (χ0) is 36.7. The minimum Gasteiger partial charge on any atom is -0.479 e. The average Bonchev–Trinajstić information content (AvgIpc) is 2.99. The Balaban J connectivity index is 2.00. The van der Waals surface area contributed by atoms with Crippen molar-refractivity contribution in [3.05, 3.63) is 0 Å². The van der Waals surface area contributed by atoms with Gasteiger partial charge in [-0.05, 0) is 26.8 Å². The van der Waals surface area contributed by atoms with Crippen molar-refractivity contribution in [1.29, 1.82) is 0 Å². The largest absolute Gasteiger partial charge is 0.479 e. The number of nitrogens with two attached hydrogens (primary N) is 1. The van der Waals surface area contributed by atoms with Crippen LogP contribution in [0.4, 0.5) is 0 Å². The van der Waals surface area contributed by atoms with Crippen molar-refractivity contribution in [2.75, 3.05) is 13.2 Å². The first-order chi connectivity index (χ1) is 23.0. The van der Waals surface area contributed by atoms with Crippen molar-refractivity contribution in [3.63, 3.8) is 0 Å². The Bertz CT molecular complexity index is 1180. The number of ether oxygens (including phenoxy) is 7. The van der Waals surface area contributed by atoms with Crippen LogP contribution in [0.15, 0.2) is 0 Å². The molecule has 20 heteroatoms. The van der Waals surface area contributed by atoms with Crippen molar-refractivity contribution in [2.45, 2.75) is 140 Å². The second-order valence-corrected chi connectivity index (χ2v) is 12.1. The number of nitrogens with one attached hydrogen (secondary N) is 3. The molecule has 0 aliphatic carbocycles. The minimum absolute atomic E-state index is 0.152. The van der Waals surface area contributed by atoms with Crippen molar-refractivity contribution in [2.24, 2.45) is 5.73 Å². The highest BCUT2D eigenvalue weighted by Crippen LogP contribution is 2.33. The zero-order valence-corrected chi connectivity index (χ0v) is 28.0. The number of rotatable bonds is 13. The Morgan fingerprint density at radius 3 is 1.57 bits per heavy atom. The standard InChI is InChI=1S/C29H48N4O16/c1-10-19(38)22(17(32-13(4)35)27(44-10)43-9-7-8-30)48-29-18(33-14(5)36)23(20(39)11(2)45-29)47-28-16(31-12(3)34)21(40)24(46-15(6)37)25(49-28)26(41)42/h10-11,16-25,27-29,38-40H,7-9,30H2,1-6H3,(H,31,34)(H,32,35)(H,33,36)(H,41,42)/t10-,11+,16+,17-,18+,19+,20-,21-,22-,23+,24+,25+,27+,28-,29+/m1/s1. The maximum Gasteiger partial charge on any atom is 0.336 e. The van der Waals surface area contributed by atoms with Crippen LogP contribution in [0.5, 0.6) is 0 Å². The number of carbonyl (C=O) groups excluding carboxylic acids is 4. The number of amides is 3. The summed E-state index contributed by atoms with van der Waals surface area (Å²) in [5, 5.41) is 51.0. The lowest BCUT2D eigenvalue weighted by Crippen LogP contribution is -2.71. The van der Waals surface area contributed by atoms with Gasteiger partial charge >= 0.3 is 11.9 Å². The molecule has 3 rings (SSSR count). The van der Waals surface area contributed by atoms with Crippen LogP contribution in [0, 0.1) is 0 Å². The lowest BCUT2D eigenvalue weighted by molar-refractivity contribution is -0.342. The third-order valence-corrected chi connectivity index (χ3v) is 8.07. The van der Waals surface area contributed by atoms with Gasteiger partial charge in [0.05, 0.1) is 18.8 Å². The number of hydrogen-bond donors (Lipinski definition) is 8. The molecular weight excluding hydrogens is 660 g/mol. The number of carboxylic acid groups (broad SMARTS) is 1. The summed E-state index contributed by atoms with van der Waals surface area (Å²) in [7, 11) is 0. The van der Waals surface area contributed by atoms with Gasteiger partial charge in [0, 0.05) is 27.7 Å². The number of aliphatic hydroxyl groups excluding tert-OH is 3. The molecule has 3 heterocycles. The molecule has 3 aliphatic heterocycles. The summed E-state index contributed by atoms with van der Waals surface area (Å²) in [6, 6.07) is -4.08. The summed E-state index contributed by atoms with van der Waals surface area (Å²) in [6.45, 7) is 7.92. The Morgan fingerprint density at radius 1 is 0.673 bits per heavy atom. The molecule has 0 radical (unpaired) electrons. The van der Waals surface area contributed by atoms with Crippen molar-refractivity contribution in [3.8, 4) is 0 Å². The van der Waals surface area contributed by atoms with E-state index in [1.54, 1.807) is 6.92 Å². The molecule has 0 spiro atoms.